The molecule has 0 bridgehead atoms. The molecule has 2 aromatic heterocycles. The van der Waals surface area contributed by atoms with Crippen LogP contribution < -0.4 is 26.5 Å². The van der Waals surface area contributed by atoms with E-state index in [2.05, 4.69) is 144 Å². The Labute approximate surface area is 309 Å². The number of thiophene rings is 2. The molecule has 0 aliphatic carbocycles. The van der Waals surface area contributed by atoms with Gasteiger partial charge in [0, 0.05) is 15.0 Å². The Kier molecular flexibility index (Phi) is 8.24. The summed E-state index contributed by atoms with van der Waals surface area (Å²) in [7, 11) is 2.08. The standard InChI is InChI=1S/C45H45INS2/c1-9-44(4,5)29-13-15-30-28(21-29)23-37-36(42(30)46-7)22-27-20-26(12-14-31(27)43(37)47-8)40-24-34-32-17-19-39-35(33(32)16-18-38(34)48-40)25-41(49-39)45(6,10-2)11-3/h12-25,47H,9-11H2,1-8H3/q-1. The quantitative estimate of drug-likeness (QED) is 0.0918. The number of benzene rings is 6. The van der Waals surface area contributed by atoms with Gasteiger partial charge in [-0.2, -0.15) is 0 Å². The molecule has 1 nitrogen and oxygen atoms in total. The van der Waals surface area contributed by atoms with Crippen LogP contribution in [0.2, 0.25) is 0 Å². The Bertz CT molecular complexity index is 2580. The van der Waals surface area contributed by atoms with Gasteiger partial charge >= 0.3 is 245 Å². The van der Waals surface area contributed by atoms with Crippen LogP contribution >= 0.6 is 22.7 Å². The summed E-state index contributed by atoms with van der Waals surface area (Å²) in [6, 6.07) is 33.6. The van der Waals surface area contributed by atoms with E-state index >= 15 is 0 Å². The van der Waals surface area contributed by atoms with Crippen molar-refractivity contribution in [3.05, 3.63) is 98.9 Å². The summed E-state index contributed by atoms with van der Waals surface area (Å²) in [6.45, 7) is 14.1. The van der Waals surface area contributed by atoms with Crippen LogP contribution in [0.5, 0.6) is 0 Å². The van der Waals surface area contributed by atoms with Crippen LogP contribution in [-0.4, -0.2) is 12.0 Å². The van der Waals surface area contributed by atoms with Crippen molar-refractivity contribution in [1.82, 2.24) is 0 Å². The van der Waals surface area contributed by atoms with Crippen molar-refractivity contribution in [3.63, 3.8) is 0 Å². The van der Waals surface area contributed by atoms with E-state index in [-0.39, 0.29) is 32.0 Å². The van der Waals surface area contributed by atoms with Crippen LogP contribution in [0.4, 0.5) is 5.69 Å². The predicted octanol–water partition coefficient (Wildman–Crippen LogP) is 11.1. The molecule has 0 aliphatic heterocycles. The third kappa shape index (κ3) is 5.19. The van der Waals surface area contributed by atoms with Gasteiger partial charge in [-0.25, -0.2) is 0 Å². The van der Waals surface area contributed by atoms with E-state index in [4.69, 9.17) is 0 Å². The zero-order valence-electron chi connectivity index (χ0n) is 29.9. The molecular formula is C45H45INS2-. The van der Waals surface area contributed by atoms with Crippen molar-refractivity contribution in [2.45, 2.75) is 71.6 Å². The van der Waals surface area contributed by atoms with Gasteiger partial charge in [-0.15, -0.1) is 11.3 Å². The van der Waals surface area contributed by atoms with Gasteiger partial charge in [0.05, 0.1) is 0 Å². The fourth-order valence-electron chi connectivity index (χ4n) is 7.67. The molecule has 0 saturated carbocycles. The number of rotatable bonds is 8. The number of hydrogen-bond acceptors (Lipinski definition) is 3. The van der Waals surface area contributed by atoms with Crippen molar-refractivity contribution in [3.8, 4) is 10.4 Å². The molecule has 0 atom stereocenters. The molecule has 8 aromatic rings. The zero-order chi connectivity index (χ0) is 34.2. The number of fused-ring (bicyclic) bond motifs is 8. The summed E-state index contributed by atoms with van der Waals surface area (Å²) in [5.41, 5.74) is 4.37. The average Bonchev–Trinajstić information content (AvgIpc) is 3.78. The van der Waals surface area contributed by atoms with Gasteiger partial charge < -0.3 is 0 Å². The van der Waals surface area contributed by atoms with Crippen molar-refractivity contribution >= 4 is 91.6 Å². The summed E-state index contributed by atoms with van der Waals surface area (Å²) < 4.78 is 4.30. The molecule has 0 radical (unpaired) electrons. The summed E-state index contributed by atoms with van der Waals surface area (Å²) in [6.07, 6.45) is 3.46. The number of halogens is 1. The molecule has 8 rings (SSSR count). The Hall–Kier alpha value is -3.19. The van der Waals surface area contributed by atoms with E-state index < -0.39 is 0 Å². The molecule has 1 N–H and O–H groups in total. The van der Waals surface area contributed by atoms with Gasteiger partial charge in [-0.05, 0) is 18.9 Å². The number of hydrogen-bond donors (Lipinski definition) is 1. The minimum absolute atomic E-state index is 0.142. The molecule has 6 aromatic carbocycles. The van der Waals surface area contributed by atoms with Crippen LogP contribution in [0.3, 0.4) is 0 Å². The molecule has 2 heterocycles. The monoisotopic (exact) mass is 790 g/mol. The molecule has 0 amide bonds. The van der Waals surface area contributed by atoms with Crippen molar-refractivity contribution in [1.29, 1.82) is 0 Å². The van der Waals surface area contributed by atoms with Crippen molar-refractivity contribution < 1.29 is 21.2 Å². The molecule has 0 saturated heterocycles. The summed E-state index contributed by atoms with van der Waals surface area (Å²) in [4.78, 5) is 5.26. The van der Waals surface area contributed by atoms with Crippen LogP contribution in [-0.2, 0) is 10.8 Å². The maximum atomic E-state index is 3.63. The van der Waals surface area contributed by atoms with Crippen molar-refractivity contribution in [2.75, 3.05) is 17.3 Å². The fraction of sp³-hybridized carbons (Fsp3) is 0.289. The summed E-state index contributed by atoms with van der Waals surface area (Å²) >= 11 is 3.76. The Morgan fingerprint density at radius 3 is 1.90 bits per heavy atom. The Balaban J connectivity index is 1.28. The molecular weight excluding hydrogens is 746 g/mol. The third-order valence-corrected chi connectivity index (χ3v) is 16.5. The van der Waals surface area contributed by atoms with E-state index in [1.807, 2.05) is 22.7 Å². The van der Waals surface area contributed by atoms with Crippen LogP contribution in [0.1, 0.15) is 71.2 Å². The van der Waals surface area contributed by atoms with Crippen LogP contribution in [0.15, 0.2) is 84.9 Å². The summed E-state index contributed by atoms with van der Waals surface area (Å²) in [5, 5.41) is 17.3. The molecule has 0 aliphatic rings. The van der Waals surface area contributed by atoms with E-state index in [0.717, 1.165) is 6.42 Å². The van der Waals surface area contributed by atoms with Gasteiger partial charge in [0.2, 0.25) is 0 Å². The van der Waals surface area contributed by atoms with E-state index in [9.17, 15) is 0 Å². The second kappa shape index (κ2) is 12.2. The van der Waals surface area contributed by atoms with E-state index in [0.29, 0.717) is 0 Å². The van der Waals surface area contributed by atoms with Gasteiger partial charge in [0.15, 0.2) is 0 Å². The molecule has 0 fully saturated rings. The number of alkyl halides is 1. The number of nitrogens with one attached hydrogen (secondary N) is 1. The van der Waals surface area contributed by atoms with E-state index in [1.54, 1.807) is 3.57 Å². The SMILES string of the molecule is CCC(C)(C)c1ccc2c([I-]C)c3cc4cc(-c5cc6c(ccc7c8cc(C(C)(CC)CC)sc8ccc67)s5)ccc4c(NC)c3cc2c1. The first-order chi connectivity index (χ1) is 23.6. The second-order valence-corrected chi connectivity index (χ2v) is 18.9. The molecule has 0 unspecified atom stereocenters. The zero-order valence-corrected chi connectivity index (χ0v) is 33.7. The first kappa shape index (κ1) is 33.0. The first-order valence-electron chi connectivity index (χ1n) is 17.7. The molecule has 250 valence electrons. The molecule has 4 heteroatoms. The normalized spacial score (nSPS) is 12.9. The van der Waals surface area contributed by atoms with Gasteiger partial charge in [-0.3, -0.25) is 0 Å². The topological polar surface area (TPSA) is 12.0 Å². The molecule has 0 spiro atoms. The molecule has 49 heavy (non-hydrogen) atoms. The fourth-order valence-corrected chi connectivity index (χ4v) is 12.2. The maximum absolute atomic E-state index is 3.63. The van der Waals surface area contributed by atoms with Crippen LogP contribution in [0, 0.1) is 3.57 Å². The summed E-state index contributed by atoms with van der Waals surface area (Å²) in [5.74, 6) is 0. The van der Waals surface area contributed by atoms with Crippen LogP contribution in [0.25, 0.3) is 73.7 Å². The minimum atomic E-state index is -0.142. The third-order valence-electron chi connectivity index (χ3n) is 11.7. The first-order valence-corrected chi connectivity index (χ1v) is 22.5. The van der Waals surface area contributed by atoms with E-state index in [1.165, 1.54) is 103 Å². The van der Waals surface area contributed by atoms with Gasteiger partial charge in [-0.1, -0.05) is 20.8 Å². The van der Waals surface area contributed by atoms with Gasteiger partial charge in [0.25, 0.3) is 0 Å². The van der Waals surface area contributed by atoms with Gasteiger partial charge in [0.1, 0.15) is 0 Å². The van der Waals surface area contributed by atoms with Crippen molar-refractivity contribution in [2.24, 2.45) is 0 Å². The Morgan fingerprint density at radius 2 is 1.22 bits per heavy atom. The predicted molar refractivity (Wildman–Crippen MR) is 218 cm³/mol. The average molecular weight is 791 g/mol. The second-order valence-electron chi connectivity index (χ2n) is 14.6. The number of anilines is 1. The Morgan fingerprint density at radius 1 is 0.592 bits per heavy atom.